The fraction of sp³-hybridized carbons (Fsp3) is 0.316. The summed E-state index contributed by atoms with van der Waals surface area (Å²) >= 11 is 0. The number of hydrogen-bond donors (Lipinski definition) is 2. The number of rotatable bonds is 7. The lowest BCUT2D eigenvalue weighted by atomic mass is 9.96. The standard InChI is InChI=1S/C19H23NO2/c1-2-15-8-10-17(11-9-15)19(22)20-14-18(12-13-21)16-6-4-3-5-7-16/h3-11,18,21H,2,12-14H2,1H3,(H,20,22). The molecule has 22 heavy (non-hydrogen) atoms. The molecule has 0 aliphatic rings. The van der Waals surface area contributed by atoms with Gasteiger partial charge in [0.25, 0.3) is 5.91 Å². The second-order valence-electron chi connectivity index (χ2n) is 5.38. The molecule has 3 heteroatoms. The third kappa shape index (κ3) is 4.43. The fourth-order valence-corrected chi connectivity index (χ4v) is 2.48. The molecule has 2 aromatic rings. The summed E-state index contributed by atoms with van der Waals surface area (Å²) in [5, 5.41) is 12.2. The van der Waals surface area contributed by atoms with Crippen LogP contribution in [0.5, 0.6) is 0 Å². The number of nitrogens with one attached hydrogen (secondary N) is 1. The zero-order valence-corrected chi connectivity index (χ0v) is 13.0. The number of hydrogen-bond acceptors (Lipinski definition) is 2. The minimum atomic E-state index is -0.0680. The van der Waals surface area contributed by atoms with Gasteiger partial charge in [0.2, 0.25) is 0 Å². The Morgan fingerprint density at radius 1 is 1.09 bits per heavy atom. The largest absolute Gasteiger partial charge is 0.396 e. The summed E-state index contributed by atoms with van der Waals surface area (Å²) in [6.07, 6.45) is 1.60. The van der Waals surface area contributed by atoms with Crippen molar-refractivity contribution in [3.8, 4) is 0 Å². The maximum atomic E-state index is 12.2. The van der Waals surface area contributed by atoms with E-state index >= 15 is 0 Å². The lowest BCUT2D eigenvalue weighted by Crippen LogP contribution is -2.28. The molecule has 3 nitrogen and oxygen atoms in total. The van der Waals surface area contributed by atoms with E-state index in [-0.39, 0.29) is 18.4 Å². The van der Waals surface area contributed by atoms with Crippen LogP contribution in [0.4, 0.5) is 0 Å². The van der Waals surface area contributed by atoms with Crippen LogP contribution in [0.3, 0.4) is 0 Å². The van der Waals surface area contributed by atoms with Crippen LogP contribution >= 0.6 is 0 Å². The SMILES string of the molecule is CCc1ccc(C(=O)NCC(CCO)c2ccccc2)cc1. The van der Waals surface area contributed by atoms with Crippen LogP contribution in [0.15, 0.2) is 54.6 Å². The van der Waals surface area contributed by atoms with Crippen molar-refractivity contribution in [2.45, 2.75) is 25.7 Å². The average molecular weight is 297 g/mol. The summed E-state index contributed by atoms with van der Waals surface area (Å²) in [7, 11) is 0. The number of carbonyl (C=O) groups excluding carboxylic acids is 1. The van der Waals surface area contributed by atoms with E-state index in [0.29, 0.717) is 18.5 Å². The minimum absolute atomic E-state index is 0.0680. The number of aliphatic hydroxyl groups excluding tert-OH is 1. The first-order chi connectivity index (χ1) is 10.7. The minimum Gasteiger partial charge on any atom is -0.396 e. The van der Waals surface area contributed by atoms with Gasteiger partial charge in [-0.1, -0.05) is 49.4 Å². The Morgan fingerprint density at radius 3 is 2.36 bits per heavy atom. The Morgan fingerprint density at radius 2 is 1.77 bits per heavy atom. The van der Waals surface area contributed by atoms with E-state index in [4.69, 9.17) is 0 Å². The lowest BCUT2D eigenvalue weighted by Gasteiger charge is -2.17. The summed E-state index contributed by atoms with van der Waals surface area (Å²) in [5.74, 6) is 0.0617. The van der Waals surface area contributed by atoms with E-state index in [1.54, 1.807) is 0 Å². The van der Waals surface area contributed by atoms with E-state index < -0.39 is 0 Å². The van der Waals surface area contributed by atoms with E-state index in [0.717, 1.165) is 12.0 Å². The highest BCUT2D eigenvalue weighted by Gasteiger charge is 2.13. The van der Waals surface area contributed by atoms with E-state index in [1.807, 2.05) is 54.6 Å². The Hall–Kier alpha value is -2.13. The quantitative estimate of drug-likeness (QED) is 0.825. The normalized spacial score (nSPS) is 11.9. The van der Waals surface area contributed by atoms with Crippen molar-refractivity contribution in [3.63, 3.8) is 0 Å². The summed E-state index contributed by atoms with van der Waals surface area (Å²) in [4.78, 5) is 12.2. The molecule has 0 aliphatic heterocycles. The number of amides is 1. The van der Waals surface area contributed by atoms with Gasteiger partial charge in [-0.25, -0.2) is 0 Å². The van der Waals surface area contributed by atoms with Crippen LogP contribution in [0.25, 0.3) is 0 Å². The van der Waals surface area contributed by atoms with Gasteiger partial charge >= 0.3 is 0 Å². The second-order valence-corrected chi connectivity index (χ2v) is 5.38. The van der Waals surface area contributed by atoms with Gasteiger partial charge in [-0.3, -0.25) is 4.79 Å². The van der Waals surface area contributed by atoms with Crippen LogP contribution in [0.2, 0.25) is 0 Å². The molecule has 2 rings (SSSR count). The molecular weight excluding hydrogens is 274 g/mol. The highest BCUT2D eigenvalue weighted by Crippen LogP contribution is 2.18. The number of benzene rings is 2. The van der Waals surface area contributed by atoms with Gasteiger partial charge in [0.1, 0.15) is 0 Å². The van der Waals surface area contributed by atoms with Crippen molar-refractivity contribution < 1.29 is 9.90 Å². The van der Waals surface area contributed by atoms with Crippen LogP contribution in [0.1, 0.15) is 40.7 Å². The lowest BCUT2D eigenvalue weighted by molar-refractivity contribution is 0.0949. The highest BCUT2D eigenvalue weighted by atomic mass is 16.3. The zero-order chi connectivity index (χ0) is 15.8. The van der Waals surface area contributed by atoms with Gasteiger partial charge < -0.3 is 10.4 Å². The molecular formula is C19H23NO2. The molecule has 1 amide bonds. The Labute approximate surface area is 132 Å². The summed E-state index contributed by atoms with van der Waals surface area (Å²) < 4.78 is 0. The van der Waals surface area contributed by atoms with E-state index in [1.165, 1.54) is 5.56 Å². The maximum Gasteiger partial charge on any atom is 0.251 e. The number of carbonyl (C=O) groups is 1. The molecule has 0 aliphatic carbocycles. The molecule has 0 aromatic heterocycles. The average Bonchev–Trinajstić information content (AvgIpc) is 2.59. The molecule has 0 spiro atoms. The molecule has 2 N–H and O–H groups in total. The molecule has 116 valence electrons. The molecule has 0 radical (unpaired) electrons. The van der Waals surface area contributed by atoms with Crippen LogP contribution in [-0.2, 0) is 6.42 Å². The van der Waals surface area contributed by atoms with Gasteiger partial charge in [-0.15, -0.1) is 0 Å². The Bertz CT molecular complexity index is 578. The van der Waals surface area contributed by atoms with Crippen LogP contribution in [-0.4, -0.2) is 24.2 Å². The van der Waals surface area contributed by atoms with Gasteiger partial charge in [0.15, 0.2) is 0 Å². The first-order valence-electron chi connectivity index (χ1n) is 7.77. The van der Waals surface area contributed by atoms with Gasteiger partial charge in [0, 0.05) is 24.6 Å². The van der Waals surface area contributed by atoms with Crippen molar-refractivity contribution in [2.24, 2.45) is 0 Å². The van der Waals surface area contributed by atoms with Crippen molar-refractivity contribution in [3.05, 3.63) is 71.3 Å². The van der Waals surface area contributed by atoms with Crippen molar-refractivity contribution >= 4 is 5.91 Å². The molecule has 1 atom stereocenters. The third-order valence-electron chi connectivity index (χ3n) is 3.88. The zero-order valence-electron chi connectivity index (χ0n) is 13.0. The van der Waals surface area contributed by atoms with Crippen molar-refractivity contribution in [1.29, 1.82) is 0 Å². The van der Waals surface area contributed by atoms with Crippen molar-refractivity contribution in [1.82, 2.24) is 5.32 Å². The van der Waals surface area contributed by atoms with E-state index in [9.17, 15) is 9.90 Å². The van der Waals surface area contributed by atoms with E-state index in [2.05, 4.69) is 12.2 Å². The highest BCUT2D eigenvalue weighted by molar-refractivity contribution is 5.94. The maximum absolute atomic E-state index is 12.2. The van der Waals surface area contributed by atoms with Gasteiger partial charge in [0.05, 0.1) is 0 Å². The van der Waals surface area contributed by atoms with Crippen LogP contribution < -0.4 is 5.32 Å². The first-order valence-corrected chi connectivity index (χ1v) is 7.77. The molecule has 0 heterocycles. The molecule has 0 bridgehead atoms. The third-order valence-corrected chi connectivity index (χ3v) is 3.88. The van der Waals surface area contributed by atoms with Crippen molar-refractivity contribution in [2.75, 3.05) is 13.2 Å². The number of aryl methyl sites for hydroxylation is 1. The Kier molecular flexibility index (Phi) is 6.16. The predicted molar refractivity (Wildman–Crippen MR) is 89.0 cm³/mol. The fourth-order valence-electron chi connectivity index (χ4n) is 2.48. The first kappa shape index (κ1) is 16.2. The molecule has 0 saturated heterocycles. The van der Waals surface area contributed by atoms with Gasteiger partial charge in [-0.05, 0) is 36.1 Å². The topological polar surface area (TPSA) is 49.3 Å². The molecule has 0 saturated carbocycles. The summed E-state index contributed by atoms with van der Waals surface area (Å²) in [6.45, 7) is 2.73. The molecule has 1 unspecified atom stereocenters. The molecule has 0 fully saturated rings. The Balaban J connectivity index is 1.97. The summed E-state index contributed by atoms with van der Waals surface area (Å²) in [6, 6.07) is 17.7. The monoisotopic (exact) mass is 297 g/mol. The molecule has 2 aromatic carbocycles. The second kappa shape index (κ2) is 8.35. The predicted octanol–water partition coefficient (Wildman–Crippen LogP) is 3.15. The smallest absolute Gasteiger partial charge is 0.251 e. The number of aliphatic hydroxyl groups is 1. The van der Waals surface area contributed by atoms with Gasteiger partial charge in [-0.2, -0.15) is 0 Å². The summed E-state index contributed by atoms with van der Waals surface area (Å²) in [5.41, 5.74) is 3.03. The van der Waals surface area contributed by atoms with Crippen LogP contribution in [0, 0.1) is 0 Å².